The second kappa shape index (κ2) is 5.88. The number of aliphatic hydroxyl groups excluding tert-OH is 1. The molecular weight excluding hydrogens is 405 g/mol. The van der Waals surface area contributed by atoms with Gasteiger partial charge in [0.05, 0.1) is 6.20 Å². The largest absolute Gasteiger partial charge is 0.425 e. The van der Waals surface area contributed by atoms with Crippen molar-refractivity contribution in [3.8, 4) is 34.1 Å². The van der Waals surface area contributed by atoms with Crippen LogP contribution in [0, 0.1) is 17.8 Å². The van der Waals surface area contributed by atoms with Gasteiger partial charge in [0.1, 0.15) is 6.61 Å². The summed E-state index contributed by atoms with van der Waals surface area (Å²) in [5.41, 5.74) is 0.853. The number of nitrogens with zero attached hydrogens (tertiary/aromatic N) is 2. The molecule has 0 spiro atoms. The lowest BCUT2D eigenvalue weighted by atomic mass is 9.88. The molecule has 154 valence electrons. The lowest BCUT2D eigenvalue weighted by Crippen LogP contribution is -2.41. The molecule has 2 N–H and O–H groups in total. The minimum Gasteiger partial charge on any atom is -0.384 e. The Morgan fingerprint density at radius 3 is 2.61 bits per heavy atom. The summed E-state index contributed by atoms with van der Waals surface area (Å²) in [6.45, 7) is -0.430. The lowest BCUT2D eigenvalue weighted by Gasteiger charge is -2.28. The molecule has 6 rings (SSSR count). The molecular formula is C24H15F3N2O2. The number of allylic oxidation sites excluding steroid dienone is 2. The fraction of sp³-hybridized carbons (Fsp3) is 0.208. The number of fused-ring (bicyclic) bond motifs is 4. The van der Waals surface area contributed by atoms with Gasteiger partial charge < -0.3 is 10.2 Å². The van der Waals surface area contributed by atoms with Crippen molar-refractivity contribution in [3.63, 3.8) is 0 Å². The van der Waals surface area contributed by atoms with Crippen LogP contribution >= 0.6 is 0 Å². The first-order chi connectivity index (χ1) is 14.8. The Kier molecular flexibility index (Phi) is 3.49. The first-order valence-electron chi connectivity index (χ1n) is 9.80. The number of aromatic nitrogens is 2. The van der Waals surface area contributed by atoms with Crippen LogP contribution in [0.25, 0.3) is 28.0 Å². The van der Waals surface area contributed by atoms with Crippen LogP contribution < -0.4 is 0 Å². The van der Waals surface area contributed by atoms with Crippen LogP contribution in [0.4, 0.5) is 13.2 Å². The maximum absolute atomic E-state index is 14.2. The molecule has 3 aliphatic rings. The standard InChI is InChI=1S/C24H15F3N2O2/c25-24(26,27)23(31)19-6-2-1-5-16(19)21-13(4-3-7-30)8-14(9-20(21)23)15-11-28-29(12-15)22-17-10-18(17)22/h1-2,5-6,8-9,11-12,17,30-31H,7,10H2. The van der Waals surface area contributed by atoms with E-state index >= 15 is 0 Å². The third-order valence-electron chi connectivity index (χ3n) is 6.25. The summed E-state index contributed by atoms with van der Waals surface area (Å²) in [6.07, 6.45) is -0.443. The van der Waals surface area contributed by atoms with Crippen molar-refractivity contribution in [1.82, 2.24) is 9.78 Å². The van der Waals surface area contributed by atoms with Gasteiger partial charge in [-0.3, -0.25) is 0 Å². The van der Waals surface area contributed by atoms with Gasteiger partial charge in [-0.2, -0.15) is 18.3 Å². The van der Waals surface area contributed by atoms with E-state index in [1.165, 1.54) is 23.8 Å². The van der Waals surface area contributed by atoms with E-state index in [9.17, 15) is 18.3 Å². The summed E-state index contributed by atoms with van der Waals surface area (Å²) >= 11 is 0. The first kappa shape index (κ1) is 18.4. The van der Waals surface area contributed by atoms with Crippen LogP contribution in [0.5, 0.6) is 0 Å². The van der Waals surface area contributed by atoms with Crippen molar-refractivity contribution in [2.75, 3.05) is 6.61 Å². The van der Waals surface area contributed by atoms with Crippen molar-refractivity contribution in [1.29, 1.82) is 0 Å². The number of hydrogen-bond donors (Lipinski definition) is 2. The van der Waals surface area contributed by atoms with Crippen LogP contribution in [0.3, 0.4) is 0 Å². The van der Waals surface area contributed by atoms with Crippen molar-refractivity contribution in [2.24, 2.45) is 5.92 Å². The highest BCUT2D eigenvalue weighted by molar-refractivity contribution is 5.88. The second-order valence-electron chi connectivity index (χ2n) is 8.00. The van der Waals surface area contributed by atoms with Gasteiger partial charge in [-0.25, -0.2) is 4.68 Å². The zero-order valence-electron chi connectivity index (χ0n) is 16.0. The van der Waals surface area contributed by atoms with Crippen molar-refractivity contribution in [3.05, 3.63) is 71.1 Å². The molecule has 1 aromatic heterocycles. The maximum Gasteiger partial charge on any atom is 0.425 e. The highest BCUT2D eigenvalue weighted by Crippen LogP contribution is 2.64. The number of halogens is 3. The minimum atomic E-state index is -4.93. The average Bonchev–Trinajstić information content (AvgIpc) is 3.59. The Hall–Kier alpha value is -3.34. The van der Waals surface area contributed by atoms with Gasteiger partial charge in [-0.15, -0.1) is 0 Å². The average molecular weight is 420 g/mol. The molecule has 31 heavy (non-hydrogen) atoms. The number of alkyl halides is 3. The Bertz CT molecular complexity index is 1370. The first-order valence-corrected chi connectivity index (χ1v) is 9.80. The van der Waals surface area contributed by atoms with E-state index in [0.717, 1.165) is 12.1 Å². The SMILES string of the molecule is OCC#Cc1cc(-c2cnn(C3=C4CC43)c2)cc2c1-c1ccccc1C2(O)C(F)(F)F. The molecule has 0 aliphatic heterocycles. The third kappa shape index (κ3) is 2.43. The van der Waals surface area contributed by atoms with Crippen molar-refractivity contribution < 1.29 is 23.4 Å². The van der Waals surface area contributed by atoms with E-state index in [-0.39, 0.29) is 22.3 Å². The zero-order valence-corrected chi connectivity index (χ0v) is 16.0. The van der Waals surface area contributed by atoms with Gasteiger partial charge in [-0.1, -0.05) is 36.1 Å². The van der Waals surface area contributed by atoms with Crippen molar-refractivity contribution in [2.45, 2.75) is 18.2 Å². The van der Waals surface area contributed by atoms with Gasteiger partial charge in [0.15, 0.2) is 0 Å². The number of aliphatic hydroxyl groups is 2. The summed E-state index contributed by atoms with van der Waals surface area (Å²) in [5.74, 6) is 5.82. The molecule has 3 aromatic rings. The summed E-state index contributed by atoms with van der Waals surface area (Å²) in [4.78, 5) is 0. The Labute approximate surface area is 175 Å². The zero-order chi connectivity index (χ0) is 21.5. The Morgan fingerprint density at radius 2 is 1.94 bits per heavy atom. The van der Waals surface area contributed by atoms with E-state index in [4.69, 9.17) is 5.11 Å². The predicted octanol–water partition coefficient (Wildman–Crippen LogP) is 3.92. The van der Waals surface area contributed by atoms with E-state index in [1.54, 1.807) is 35.3 Å². The molecule has 7 heteroatoms. The van der Waals surface area contributed by atoms with Gasteiger partial charge in [-0.05, 0) is 35.3 Å². The van der Waals surface area contributed by atoms with E-state index in [2.05, 4.69) is 16.9 Å². The molecule has 0 amide bonds. The normalized spacial score (nSPS) is 22.4. The van der Waals surface area contributed by atoms with Crippen molar-refractivity contribution >= 4 is 5.70 Å². The fourth-order valence-electron chi connectivity index (χ4n) is 4.53. The molecule has 1 saturated carbocycles. The molecule has 1 fully saturated rings. The smallest absolute Gasteiger partial charge is 0.384 e. The molecule has 0 bridgehead atoms. The number of rotatable bonds is 2. The van der Waals surface area contributed by atoms with Crippen LogP contribution in [-0.4, -0.2) is 32.8 Å². The maximum atomic E-state index is 14.2. The third-order valence-corrected chi connectivity index (χ3v) is 6.25. The van der Waals surface area contributed by atoms with E-state index in [0.29, 0.717) is 22.6 Å². The van der Waals surface area contributed by atoms with E-state index < -0.39 is 18.4 Å². The quantitative estimate of drug-likeness (QED) is 0.618. The molecule has 2 aromatic carbocycles. The van der Waals surface area contributed by atoms with Crippen LogP contribution in [0.1, 0.15) is 23.1 Å². The topological polar surface area (TPSA) is 58.3 Å². The highest BCUT2D eigenvalue weighted by Gasteiger charge is 2.61. The fourth-order valence-corrected chi connectivity index (χ4v) is 4.53. The summed E-state index contributed by atoms with van der Waals surface area (Å²) in [7, 11) is 0. The van der Waals surface area contributed by atoms with Gasteiger partial charge >= 0.3 is 6.18 Å². The molecule has 0 saturated heterocycles. The second-order valence-corrected chi connectivity index (χ2v) is 8.00. The monoisotopic (exact) mass is 420 g/mol. The molecule has 2 atom stereocenters. The molecule has 3 aliphatic carbocycles. The molecule has 4 nitrogen and oxygen atoms in total. The lowest BCUT2D eigenvalue weighted by molar-refractivity contribution is -0.246. The van der Waals surface area contributed by atoms with Gasteiger partial charge in [0.25, 0.3) is 0 Å². The predicted molar refractivity (Wildman–Crippen MR) is 107 cm³/mol. The summed E-state index contributed by atoms with van der Waals surface area (Å²) in [5, 5.41) is 24.6. The molecule has 2 unspecified atom stereocenters. The summed E-state index contributed by atoms with van der Waals surface area (Å²) < 4.78 is 44.5. The van der Waals surface area contributed by atoms with Gasteiger partial charge in [0.2, 0.25) is 5.60 Å². The number of hydrogen-bond acceptors (Lipinski definition) is 3. The van der Waals surface area contributed by atoms with Crippen LogP contribution in [-0.2, 0) is 5.60 Å². The highest BCUT2D eigenvalue weighted by atomic mass is 19.4. The van der Waals surface area contributed by atoms with E-state index in [1.807, 2.05) is 0 Å². The Balaban J connectivity index is 1.60. The summed E-state index contributed by atoms with van der Waals surface area (Å²) in [6, 6.07) is 9.00. The minimum absolute atomic E-state index is 0.220. The van der Waals surface area contributed by atoms with Gasteiger partial charge in [0, 0.05) is 45.6 Å². The molecule has 0 radical (unpaired) electrons. The Morgan fingerprint density at radius 1 is 1.16 bits per heavy atom. The van der Waals surface area contributed by atoms with Crippen LogP contribution in [0.2, 0.25) is 0 Å². The number of benzene rings is 2. The van der Waals surface area contributed by atoms with Crippen LogP contribution in [0.15, 0.2) is 54.4 Å². The molecule has 1 heterocycles.